The van der Waals surface area contributed by atoms with E-state index in [-0.39, 0.29) is 9.52 Å². The van der Waals surface area contributed by atoms with E-state index < -0.39 is 0 Å². The fourth-order valence-electron chi connectivity index (χ4n) is 0.804. The molecule has 0 fully saturated rings. The van der Waals surface area contributed by atoms with Gasteiger partial charge in [-0.1, -0.05) is 18.2 Å². The van der Waals surface area contributed by atoms with Gasteiger partial charge in [0.05, 0.1) is 16.1 Å². The number of rotatable bonds is 6. The molecule has 0 aromatic heterocycles. The molecule has 0 saturated carbocycles. The van der Waals surface area contributed by atoms with Crippen molar-refractivity contribution in [1.82, 2.24) is 0 Å². The highest BCUT2D eigenvalue weighted by molar-refractivity contribution is 6.45. The molecule has 0 radical (unpaired) electrons. The first-order valence-electron chi connectivity index (χ1n) is 3.92. The van der Waals surface area contributed by atoms with Crippen molar-refractivity contribution in [2.45, 2.75) is 13.0 Å². The lowest BCUT2D eigenvalue weighted by atomic mass is 10.3. The molecular formula is C8H17ClOSi. The first-order chi connectivity index (χ1) is 5.20. The molecule has 0 aliphatic carbocycles. The zero-order valence-electron chi connectivity index (χ0n) is 7.40. The lowest BCUT2D eigenvalue weighted by Crippen LogP contribution is -2.07. The molecule has 1 unspecified atom stereocenters. The average Bonchev–Trinajstić information content (AvgIpc) is 2.01. The summed E-state index contributed by atoms with van der Waals surface area (Å²) in [6, 6.07) is 1.26. The largest absolute Gasteiger partial charge is 0.381 e. The van der Waals surface area contributed by atoms with E-state index in [9.17, 15) is 0 Å². The third kappa shape index (κ3) is 6.60. The smallest absolute Gasteiger partial charge is 0.0629 e. The van der Waals surface area contributed by atoms with E-state index >= 15 is 0 Å². The highest BCUT2D eigenvalue weighted by Crippen LogP contribution is 2.06. The molecule has 0 spiro atoms. The molecule has 0 aromatic carbocycles. The fourth-order valence-corrected chi connectivity index (χ4v) is 2.67. The number of methoxy groups -OCH3 is 1. The third-order valence-electron chi connectivity index (χ3n) is 1.60. The molecule has 11 heavy (non-hydrogen) atoms. The Morgan fingerprint density at radius 2 is 2.36 bits per heavy atom. The van der Waals surface area contributed by atoms with Gasteiger partial charge in [-0.15, -0.1) is 18.2 Å². The van der Waals surface area contributed by atoms with E-state index in [0.29, 0.717) is 5.92 Å². The Bertz CT molecular complexity index is 117. The van der Waals surface area contributed by atoms with E-state index in [1.807, 2.05) is 0 Å². The minimum absolute atomic E-state index is 0.138. The second-order valence-corrected chi connectivity index (χ2v) is 5.37. The van der Waals surface area contributed by atoms with Gasteiger partial charge in [-0.25, -0.2) is 0 Å². The molecule has 3 heteroatoms. The predicted octanol–water partition coefficient (Wildman–Crippen LogP) is 1.61. The maximum absolute atomic E-state index is 5.67. The van der Waals surface area contributed by atoms with Crippen LogP contribution >= 0.6 is 11.6 Å². The second-order valence-electron chi connectivity index (χ2n) is 2.98. The summed E-state index contributed by atoms with van der Waals surface area (Å²) < 4.78 is 4.97. The van der Waals surface area contributed by atoms with Crippen molar-refractivity contribution < 1.29 is 4.74 Å². The van der Waals surface area contributed by atoms with Crippen LogP contribution in [-0.2, 0) is 4.74 Å². The van der Waals surface area contributed by atoms with Crippen LogP contribution in [0.25, 0.3) is 0 Å². The van der Waals surface area contributed by atoms with Crippen LogP contribution in [-0.4, -0.2) is 29.1 Å². The van der Waals surface area contributed by atoms with E-state index in [0.717, 1.165) is 12.5 Å². The standard InChI is InChI=1S/C8H17ClOSi/c1-7(4-9)6-11-8(2)5-10-3/h7H,2,4-6,11H2,1,3H3. The third-order valence-corrected chi connectivity index (χ3v) is 4.31. The summed E-state index contributed by atoms with van der Waals surface area (Å²) in [5, 5.41) is 1.30. The lowest BCUT2D eigenvalue weighted by Gasteiger charge is -2.07. The van der Waals surface area contributed by atoms with Gasteiger partial charge in [-0.3, -0.25) is 0 Å². The Hall–Kier alpha value is 0.207. The highest BCUT2D eigenvalue weighted by Gasteiger charge is 2.01. The van der Waals surface area contributed by atoms with Crippen molar-refractivity contribution >= 4 is 21.1 Å². The van der Waals surface area contributed by atoms with Gasteiger partial charge in [0.1, 0.15) is 0 Å². The van der Waals surface area contributed by atoms with Crippen LogP contribution in [0.2, 0.25) is 6.04 Å². The van der Waals surface area contributed by atoms with Crippen molar-refractivity contribution in [1.29, 1.82) is 0 Å². The number of hydrogen-bond donors (Lipinski definition) is 0. The van der Waals surface area contributed by atoms with Crippen molar-refractivity contribution in [2.24, 2.45) is 5.92 Å². The van der Waals surface area contributed by atoms with Gasteiger partial charge < -0.3 is 4.74 Å². The first-order valence-corrected chi connectivity index (χ1v) is 6.16. The van der Waals surface area contributed by atoms with E-state index in [1.54, 1.807) is 7.11 Å². The topological polar surface area (TPSA) is 9.23 Å². The van der Waals surface area contributed by atoms with Crippen LogP contribution in [0.1, 0.15) is 6.92 Å². The van der Waals surface area contributed by atoms with E-state index in [1.165, 1.54) is 11.2 Å². The Morgan fingerprint density at radius 3 is 2.82 bits per heavy atom. The van der Waals surface area contributed by atoms with E-state index in [2.05, 4.69) is 13.5 Å². The molecule has 1 nitrogen and oxygen atoms in total. The van der Waals surface area contributed by atoms with Crippen molar-refractivity contribution in [3.63, 3.8) is 0 Å². The zero-order valence-corrected chi connectivity index (χ0v) is 9.57. The number of hydrogen-bond acceptors (Lipinski definition) is 1. The Kier molecular flexibility index (Phi) is 7.02. The molecule has 0 amide bonds. The van der Waals surface area contributed by atoms with Gasteiger partial charge in [0.2, 0.25) is 0 Å². The lowest BCUT2D eigenvalue weighted by molar-refractivity contribution is 0.231. The summed E-state index contributed by atoms with van der Waals surface area (Å²) in [5.74, 6) is 1.42. The average molecular weight is 193 g/mol. The quantitative estimate of drug-likeness (QED) is 0.459. The zero-order chi connectivity index (χ0) is 8.69. The van der Waals surface area contributed by atoms with Crippen LogP contribution < -0.4 is 0 Å². The van der Waals surface area contributed by atoms with Gasteiger partial charge >= 0.3 is 0 Å². The summed E-state index contributed by atoms with van der Waals surface area (Å²) in [6.45, 7) is 6.86. The monoisotopic (exact) mass is 192 g/mol. The fraction of sp³-hybridized carbons (Fsp3) is 0.750. The van der Waals surface area contributed by atoms with Crippen molar-refractivity contribution in [2.75, 3.05) is 19.6 Å². The van der Waals surface area contributed by atoms with Crippen LogP contribution in [0.4, 0.5) is 0 Å². The van der Waals surface area contributed by atoms with Crippen molar-refractivity contribution in [3.05, 3.63) is 11.8 Å². The first kappa shape index (κ1) is 11.2. The van der Waals surface area contributed by atoms with Gasteiger partial charge in [0, 0.05) is 13.0 Å². The number of halogens is 1. The number of ether oxygens (including phenoxy) is 1. The van der Waals surface area contributed by atoms with Crippen LogP contribution in [0.3, 0.4) is 0 Å². The van der Waals surface area contributed by atoms with Gasteiger partial charge in [-0.2, -0.15) is 0 Å². The molecular weight excluding hydrogens is 176 g/mol. The van der Waals surface area contributed by atoms with E-state index in [4.69, 9.17) is 16.3 Å². The molecule has 0 aromatic rings. The van der Waals surface area contributed by atoms with Gasteiger partial charge in [0.25, 0.3) is 0 Å². The predicted molar refractivity (Wildman–Crippen MR) is 54.3 cm³/mol. The second kappa shape index (κ2) is 6.89. The molecule has 0 aliphatic rings. The minimum Gasteiger partial charge on any atom is -0.381 e. The molecule has 0 N–H and O–H groups in total. The molecule has 66 valence electrons. The summed E-state index contributed by atoms with van der Waals surface area (Å²) in [4.78, 5) is 0. The molecule has 0 heterocycles. The normalized spacial score (nSPS) is 14.1. The molecule has 0 rings (SSSR count). The summed E-state index contributed by atoms with van der Waals surface area (Å²) in [7, 11) is 1.58. The van der Waals surface area contributed by atoms with Crippen LogP contribution in [0, 0.1) is 5.92 Å². The van der Waals surface area contributed by atoms with Crippen LogP contribution in [0.5, 0.6) is 0 Å². The molecule has 0 aliphatic heterocycles. The Morgan fingerprint density at radius 1 is 1.73 bits per heavy atom. The highest BCUT2D eigenvalue weighted by atomic mass is 35.5. The molecule has 0 saturated heterocycles. The van der Waals surface area contributed by atoms with Crippen LogP contribution in [0.15, 0.2) is 11.8 Å². The minimum atomic E-state index is -0.138. The van der Waals surface area contributed by atoms with Crippen molar-refractivity contribution in [3.8, 4) is 0 Å². The number of alkyl halides is 1. The maximum atomic E-state index is 5.67. The van der Waals surface area contributed by atoms with Gasteiger partial charge in [-0.05, 0) is 5.92 Å². The Labute approximate surface area is 76.6 Å². The molecule has 0 bridgehead atoms. The summed E-state index contributed by atoms with van der Waals surface area (Å²) in [6.07, 6.45) is 0. The SMILES string of the molecule is C=C(COC)[SiH2]CC(C)CCl. The Balaban J connectivity index is 3.30. The van der Waals surface area contributed by atoms with Gasteiger partial charge in [0.15, 0.2) is 0 Å². The summed E-state index contributed by atoms with van der Waals surface area (Å²) >= 11 is 5.67. The molecule has 1 atom stereocenters. The maximum Gasteiger partial charge on any atom is 0.0629 e. The summed E-state index contributed by atoms with van der Waals surface area (Å²) in [5.41, 5.74) is 0.